The molecule has 0 spiro atoms. The van der Waals surface area contributed by atoms with Gasteiger partial charge in [0, 0.05) is 12.3 Å². The number of carbonyl (C=O) groups is 1. The Balaban J connectivity index is 2.03. The fourth-order valence-corrected chi connectivity index (χ4v) is 1.86. The normalized spacial score (nSPS) is 19.9. The molecule has 1 aliphatic heterocycles. The van der Waals surface area contributed by atoms with Crippen LogP contribution in [0, 0.1) is 5.82 Å². The number of rotatable bonds is 2. The molecule has 1 aliphatic rings. The Morgan fingerprint density at radius 3 is 3.00 bits per heavy atom. The fourth-order valence-electron chi connectivity index (χ4n) is 1.86. The highest BCUT2D eigenvalue weighted by Gasteiger charge is 2.18. The second-order valence-corrected chi connectivity index (χ2v) is 4.12. The summed E-state index contributed by atoms with van der Waals surface area (Å²) < 4.78 is 18.1. The number of hydrogen-bond donors (Lipinski definition) is 2. The Hall–Kier alpha value is -1.62. The molecule has 1 aromatic carbocycles. The molecule has 1 heterocycles. The molecule has 1 aromatic rings. The lowest BCUT2D eigenvalue weighted by Crippen LogP contribution is -2.40. The van der Waals surface area contributed by atoms with Gasteiger partial charge in [-0.2, -0.15) is 0 Å². The first-order valence-corrected chi connectivity index (χ1v) is 5.60. The largest absolute Gasteiger partial charge is 0.398 e. The maximum absolute atomic E-state index is 12.8. The summed E-state index contributed by atoms with van der Waals surface area (Å²) in [6, 6.07) is 3.78. The molecule has 0 radical (unpaired) electrons. The van der Waals surface area contributed by atoms with E-state index in [0.717, 1.165) is 25.5 Å². The molecule has 1 saturated heterocycles. The van der Waals surface area contributed by atoms with E-state index in [1.54, 1.807) is 0 Å². The molecule has 0 aliphatic carbocycles. The molecule has 92 valence electrons. The lowest BCUT2D eigenvalue weighted by atomic mass is 10.1. The Labute approximate surface area is 98.9 Å². The third-order valence-corrected chi connectivity index (χ3v) is 2.75. The second kappa shape index (κ2) is 5.14. The number of benzene rings is 1. The maximum Gasteiger partial charge on any atom is 0.253 e. The molecule has 4 nitrogen and oxygen atoms in total. The molecule has 5 heteroatoms. The lowest BCUT2D eigenvalue weighted by molar-refractivity contribution is 0.0624. The highest BCUT2D eigenvalue weighted by molar-refractivity contribution is 5.99. The van der Waals surface area contributed by atoms with Crippen LogP contribution in [0.25, 0.3) is 0 Å². The van der Waals surface area contributed by atoms with Gasteiger partial charge in [0.2, 0.25) is 0 Å². The minimum Gasteiger partial charge on any atom is -0.398 e. The van der Waals surface area contributed by atoms with Crippen molar-refractivity contribution in [2.45, 2.75) is 18.9 Å². The Morgan fingerprint density at radius 2 is 2.35 bits per heavy atom. The predicted molar refractivity (Wildman–Crippen MR) is 62.1 cm³/mol. The second-order valence-electron chi connectivity index (χ2n) is 4.12. The van der Waals surface area contributed by atoms with Crippen molar-refractivity contribution in [1.82, 2.24) is 5.32 Å². The number of amides is 1. The van der Waals surface area contributed by atoms with Gasteiger partial charge in [-0.3, -0.25) is 4.79 Å². The zero-order valence-corrected chi connectivity index (χ0v) is 9.41. The van der Waals surface area contributed by atoms with Gasteiger partial charge in [0.25, 0.3) is 5.91 Å². The van der Waals surface area contributed by atoms with Crippen LogP contribution in [-0.2, 0) is 4.74 Å². The van der Waals surface area contributed by atoms with Gasteiger partial charge in [0.05, 0.1) is 18.2 Å². The van der Waals surface area contributed by atoms with Crippen LogP contribution in [0.2, 0.25) is 0 Å². The van der Waals surface area contributed by atoms with Crippen LogP contribution >= 0.6 is 0 Å². The molecule has 1 unspecified atom stereocenters. The number of carbonyl (C=O) groups excluding carboxylic acids is 1. The van der Waals surface area contributed by atoms with Gasteiger partial charge in [-0.25, -0.2) is 4.39 Å². The summed E-state index contributed by atoms with van der Waals surface area (Å²) in [6.07, 6.45) is 1.83. The van der Waals surface area contributed by atoms with Crippen molar-refractivity contribution in [1.29, 1.82) is 0 Å². The quantitative estimate of drug-likeness (QED) is 0.764. The fraction of sp³-hybridized carbons (Fsp3) is 0.417. The van der Waals surface area contributed by atoms with Crippen LogP contribution in [0.3, 0.4) is 0 Å². The van der Waals surface area contributed by atoms with Crippen LogP contribution in [0.4, 0.5) is 10.1 Å². The lowest BCUT2D eigenvalue weighted by Gasteiger charge is -2.23. The zero-order chi connectivity index (χ0) is 12.3. The minimum atomic E-state index is -0.444. The molecule has 0 saturated carbocycles. The first kappa shape index (κ1) is 11.9. The summed E-state index contributed by atoms with van der Waals surface area (Å²) in [5, 5.41) is 2.83. The number of nitrogen functional groups attached to an aromatic ring is 1. The van der Waals surface area contributed by atoms with Crippen LogP contribution < -0.4 is 11.1 Å². The van der Waals surface area contributed by atoms with Crippen molar-refractivity contribution >= 4 is 11.6 Å². The van der Waals surface area contributed by atoms with Gasteiger partial charge >= 0.3 is 0 Å². The van der Waals surface area contributed by atoms with Gasteiger partial charge in [-0.1, -0.05) is 0 Å². The minimum absolute atomic E-state index is 0.0145. The first-order valence-electron chi connectivity index (χ1n) is 5.60. The standard InChI is InChI=1S/C12H15FN2O2/c13-8-3-4-10(11(14)6-8)12(16)15-9-2-1-5-17-7-9/h3-4,6,9H,1-2,5,7,14H2,(H,15,16). The molecular formula is C12H15FN2O2. The van der Waals surface area contributed by atoms with Gasteiger partial charge in [-0.15, -0.1) is 0 Å². The molecule has 2 rings (SSSR count). The smallest absolute Gasteiger partial charge is 0.253 e. The third-order valence-electron chi connectivity index (χ3n) is 2.75. The summed E-state index contributed by atoms with van der Waals surface area (Å²) in [5.74, 6) is -0.724. The SMILES string of the molecule is Nc1cc(F)ccc1C(=O)NC1CCCOC1. The topological polar surface area (TPSA) is 64.4 Å². The summed E-state index contributed by atoms with van der Waals surface area (Å²) in [4.78, 5) is 11.9. The predicted octanol–water partition coefficient (Wildman–Crippen LogP) is 1.32. The van der Waals surface area contributed by atoms with Crippen molar-refractivity contribution in [3.05, 3.63) is 29.6 Å². The summed E-state index contributed by atoms with van der Waals surface area (Å²) in [6.45, 7) is 1.26. The molecular weight excluding hydrogens is 223 g/mol. The van der Waals surface area contributed by atoms with Gasteiger partial charge < -0.3 is 15.8 Å². The van der Waals surface area contributed by atoms with Crippen molar-refractivity contribution in [3.63, 3.8) is 0 Å². The highest BCUT2D eigenvalue weighted by atomic mass is 19.1. The number of ether oxygens (including phenoxy) is 1. The molecule has 3 N–H and O–H groups in total. The first-order chi connectivity index (χ1) is 8.16. The number of nitrogens with one attached hydrogen (secondary N) is 1. The van der Waals surface area contributed by atoms with Crippen LogP contribution in [0.1, 0.15) is 23.2 Å². The molecule has 1 amide bonds. The van der Waals surface area contributed by atoms with E-state index in [-0.39, 0.29) is 17.6 Å². The molecule has 1 atom stereocenters. The van der Waals surface area contributed by atoms with Crippen LogP contribution in [0.15, 0.2) is 18.2 Å². The van der Waals surface area contributed by atoms with Crippen molar-refractivity contribution in [3.8, 4) is 0 Å². The van der Waals surface area contributed by atoms with E-state index in [9.17, 15) is 9.18 Å². The van der Waals surface area contributed by atoms with Gasteiger partial charge in [-0.05, 0) is 31.0 Å². The van der Waals surface area contributed by atoms with Gasteiger partial charge in [0.1, 0.15) is 5.82 Å². The number of hydrogen-bond acceptors (Lipinski definition) is 3. The van der Waals surface area contributed by atoms with E-state index < -0.39 is 5.82 Å². The summed E-state index contributed by atoms with van der Waals surface area (Å²) in [5.41, 5.74) is 6.05. The molecule has 0 aromatic heterocycles. The monoisotopic (exact) mass is 238 g/mol. The van der Waals surface area contributed by atoms with E-state index in [1.807, 2.05) is 0 Å². The average Bonchev–Trinajstić information content (AvgIpc) is 2.30. The Bertz CT molecular complexity index is 417. The summed E-state index contributed by atoms with van der Waals surface area (Å²) >= 11 is 0. The average molecular weight is 238 g/mol. The van der Waals surface area contributed by atoms with Crippen molar-refractivity contribution < 1.29 is 13.9 Å². The third kappa shape index (κ3) is 2.94. The van der Waals surface area contributed by atoms with E-state index >= 15 is 0 Å². The van der Waals surface area contributed by atoms with E-state index in [1.165, 1.54) is 12.1 Å². The van der Waals surface area contributed by atoms with E-state index in [4.69, 9.17) is 10.5 Å². The molecule has 17 heavy (non-hydrogen) atoms. The number of anilines is 1. The number of nitrogens with two attached hydrogens (primary N) is 1. The van der Waals surface area contributed by atoms with Crippen molar-refractivity contribution in [2.75, 3.05) is 18.9 Å². The zero-order valence-electron chi connectivity index (χ0n) is 9.41. The van der Waals surface area contributed by atoms with Crippen molar-refractivity contribution in [2.24, 2.45) is 0 Å². The number of halogens is 1. The van der Waals surface area contributed by atoms with E-state index in [2.05, 4.69) is 5.32 Å². The van der Waals surface area contributed by atoms with Gasteiger partial charge in [0.15, 0.2) is 0 Å². The van der Waals surface area contributed by atoms with E-state index in [0.29, 0.717) is 12.2 Å². The van der Waals surface area contributed by atoms with Crippen LogP contribution in [0.5, 0.6) is 0 Å². The molecule has 0 bridgehead atoms. The van der Waals surface area contributed by atoms with Crippen LogP contribution in [-0.4, -0.2) is 25.2 Å². The maximum atomic E-state index is 12.8. The Kier molecular flexibility index (Phi) is 3.58. The molecule has 1 fully saturated rings. The Morgan fingerprint density at radius 1 is 1.53 bits per heavy atom. The highest BCUT2D eigenvalue weighted by Crippen LogP contribution is 2.14. The summed E-state index contributed by atoms with van der Waals surface area (Å²) in [7, 11) is 0.